The Balaban J connectivity index is 1.82. The summed E-state index contributed by atoms with van der Waals surface area (Å²) in [6.07, 6.45) is 4.61. The Labute approximate surface area is 153 Å². The van der Waals surface area contributed by atoms with E-state index in [1.165, 1.54) is 0 Å². The first-order chi connectivity index (χ1) is 12.2. The summed E-state index contributed by atoms with van der Waals surface area (Å²) in [6.45, 7) is 0. The van der Waals surface area contributed by atoms with Crippen LogP contribution in [-0.4, -0.2) is 5.78 Å². The van der Waals surface area contributed by atoms with Crippen LogP contribution >= 0.6 is 11.6 Å². The zero-order chi connectivity index (χ0) is 17.5. The highest BCUT2D eigenvalue weighted by atomic mass is 35.5. The largest absolute Gasteiger partial charge is 0.294 e. The molecule has 0 aliphatic rings. The van der Waals surface area contributed by atoms with Crippen LogP contribution in [0.15, 0.2) is 91.0 Å². The quantitative estimate of drug-likeness (QED) is 0.471. The number of carbonyl (C=O) groups excluding carboxylic acids is 1. The van der Waals surface area contributed by atoms with Gasteiger partial charge in [-0.1, -0.05) is 84.4 Å². The summed E-state index contributed by atoms with van der Waals surface area (Å²) in [6, 6.07) is 27.3. The molecule has 124 valence electrons. The lowest BCUT2D eigenvalue weighted by Gasteiger charge is -2.13. The van der Waals surface area contributed by atoms with Gasteiger partial charge in [0, 0.05) is 22.9 Å². The lowest BCUT2D eigenvalue weighted by Crippen LogP contribution is -2.06. The van der Waals surface area contributed by atoms with Crippen molar-refractivity contribution in [1.82, 2.24) is 0 Å². The number of hydrogen-bond acceptors (Lipinski definition) is 1. The maximum Gasteiger partial charge on any atom is 0.163 e. The van der Waals surface area contributed by atoms with Crippen molar-refractivity contribution in [2.24, 2.45) is 0 Å². The standard InChI is InChI=1S/C23H19ClO/c24-22-15-13-20(14-16-22)23(25)17-21(19-9-5-2-6-10-19)12-11-18-7-3-1-4-8-18/h1-16,21H,17H2/b12-11+. The molecule has 0 amide bonds. The van der Waals surface area contributed by atoms with Crippen LogP contribution in [0.25, 0.3) is 6.08 Å². The van der Waals surface area contributed by atoms with Crippen LogP contribution in [0, 0.1) is 0 Å². The number of carbonyl (C=O) groups is 1. The summed E-state index contributed by atoms with van der Waals surface area (Å²) in [5, 5.41) is 0.639. The lowest BCUT2D eigenvalue weighted by molar-refractivity contribution is 0.0978. The number of halogens is 1. The van der Waals surface area contributed by atoms with Crippen molar-refractivity contribution in [3.05, 3.63) is 113 Å². The van der Waals surface area contributed by atoms with Gasteiger partial charge in [-0.2, -0.15) is 0 Å². The molecule has 0 heterocycles. The van der Waals surface area contributed by atoms with E-state index in [2.05, 4.69) is 36.4 Å². The molecule has 0 radical (unpaired) electrons. The molecule has 0 saturated carbocycles. The molecule has 0 N–H and O–H groups in total. The van der Waals surface area contributed by atoms with Gasteiger partial charge in [0.15, 0.2) is 5.78 Å². The molecule has 0 saturated heterocycles. The van der Waals surface area contributed by atoms with E-state index in [1.54, 1.807) is 24.3 Å². The Bertz CT molecular complexity index is 836. The molecule has 25 heavy (non-hydrogen) atoms. The summed E-state index contributed by atoms with van der Waals surface area (Å²) in [7, 11) is 0. The molecule has 0 bridgehead atoms. The van der Waals surface area contributed by atoms with Gasteiger partial charge in [-0.3, -0.25) is 4.79 Å². The predicted octanol–water partition coefficient (Wildman–Crippen LogP) is 6.41. The van der Waals surface area contributed by atoms with Crippen LogP contribution in [-0.2, 0) is 0 Å². The number of benzene rings is 3. The van der Waals surface area contributed by atoms with Gasteiger partial charge >= 0.3 is 0 Å². The van der Waals surface area contributed by atoms with Gasteiger partial charge in [-0.25, -0.2) is 0 Å². The van der Waals surface area contributed by atoms with E-state index in [-0.39, 0.29) is 11.7 Å². The fourth-order valence-electron chi connectivity index (χ4n) is 2.74. The highest BCUT2D eigenvalue weighted by molar-refractivity contribution is 6.30. The fraction of sp³-hybridized carbons (Fsp3) is 0.0870. The van der Waals surface area contributed by atoms with Gasteiger partial charge in [-0.05, 0) is 35.4 Å². The smallest absolute Gasteiger partial charge is 0.163 e. The van der Waals surface area contributed by atoms with Crippen LogP contribution < -0.4 is 0 Å². The number of rotatable bonds is 6. The number of allylic oxidation sites excluding steroid dienone is 1. The van der Waals surface area contributed by atoms with Crippen molar-refractivity contribution in [1.29, 1.82) is 0 Å². The summed E-state index contributed by atoms with van der Waals surface area (Å²) in [5.74, 6) is 0.146. The average Bonchev–Trinajstić information content (AvgIpc) is 2.67. The van der Waals surface area contributed by atoms with Crippen molar-refractivity contribution < 1.29 is 4.79 Å². The monoisotopic (exact) mass is 346 g/mol. The third-order valence-corrected chi connectivity index (χ3v) is 4.37. The first kappa shape index (κ1) is 17.2. The van der Waals surface area contributed by atoms with E-state index in [9.17, 15) is 4.79 Å². The summed E-state index contributed by atoms with van der Waals surface area (Å²) >= 11 is 5.91. The molecule has 3 rings (SSSR count). The van der Waals surface area contributed by atoms with E-state index >= 15 is 0 Å². The minimum absolute atomic E-state index is 0.0320. The summed E-state index contributed by atoms with van der Waals surface area (Å²) < 4.78 is 0. The van der Waals surface area contributed by atoms with Gasteiger partial charge in [0.25, 0.3) is 0 Å². The molecule has 3 aromatic rings. The maximum absolute atomic E-state index is 12.7. The second kappa shape index (κ2) is 8.46. The summed E-state index contributed by atoms with van der Waals surface area (Å²) in [5.41, 5.74) is 2.96. The molecule has 0 aliphatic carbocycles. The molecule has 0 aliphatic heterocycles. The summed E-state index contributed by atoms with van der Waals surface area (Å²) in [4.78, 5) is 12.7. The van der Waals surface area contributed by atoms with E-state index in [4.69, 9.17) is 11.6 Å². The molecule has 0 spiro atoms. The van der Waals surface area contributed by atoms with Crippen LogP contribution in [0.4, 0.5) is 0 Å². The van der Waals surface area contributed by atoms with Gasteiger partial charge in [-0.15, -0.1) is 0 Å². The van der Waals surface area contributed by atoms with E-state index < -0.39 is 0 Å². The first-order valence-electron chi connectivity index (χ1n) is 8.29. The number of hydrogen-bond donors (Lipinski definition) is 0. The number of ketones is 1. The predicted molar refractivity (Wildman–Crippen MR) is 105 cm³/mol. The Morgan fingerprint density at radius 2 is 1.44 bits per heavy atom. The minimum atomic E-state index is 0.0320. The van der Waals surface area contributed by atoms with Crippen LogP contribution in [0.1, 0.15) is 33.8 Å². The van der Waals surface area contributed by atoms with Gasteiger partial charge in [0.2, 0.25) is 0 Å². The Hall–Kier alpha value is -2.64. The second-order valence-electron chi connectivity index (χ2n) is 5.92. The first-order valence-corrected chi connectivity index (χ1v) is 8.67. The molecule has 0 aromatic heterocycles. The Morgan fingerprint density at radius 3 is 2.08 bits per heavy atom. The van der Waals surface area contributed by atoms with Crippen molar-refractivity contribution in [3.63, 3.8) is 0 Å². The average molecular weight is 347 g/mol. The zero-order valence-corrected chi connectivity index (χ0v) is 14.6. The third kappa shape index (κ3) is 4.91. The SMILES string of the molecule is O=C(CC(/C=C/c1ccccc1)c1ccccc1)c1ccc(Cl)cc1. The number of Topliss-reactive ketones (excluding diaryl/α,β-unsaturated/α-hetero) is 1. The molecular weight excluding hydrogens is 328 g/mol. The van der Waals surface area contributed by atoms with E-state index in [0.29, 0.717) is 17.0 Å². The normalized spacial score (nSPS) is 12.2. The molecule has 1 atom stereocenters. The zero-order valence-electron chi connectivity index (χ0n) is 13.8. The molecule has 3 aromatic carbocycles. The van der Waals surface area contributed by atoms with Crippen molar-refractivity contribution in [2.75, 3.05) is 0 Å². The Morgan fingerprint density at radius 1 is 0.840 bits per heavy atom. The molecule has 0 fully saturated rings. The van der Waals surface area contributed by atoms with Gasteiger partial charge < -0.3 is 0 Å². The Kier molecular flexibility index (Phi) is 5.81. The van der Waals surface area contributed by atoms with Crippen LogP contribution in [0.2, 0.25) is 5.02 Å². The molecule has 2 heteroatoms. The molecule has 1 unspecified atom stereocenters. The topological polar surface area (TPSA) is 17.1 Å². The molecular formula is C23H19ClO. The highest BCUT2D eigenvalue weighted by Crippen LogP contribution is 2.25. The van der Waals surface area contributed by atoms with Crippen molar-refractivity contribution in [3.8, 4) is 0 Å². The second-order valence-corrected chi connectivity index (χ2v) is 6.36. The highest BCUT2D eigenvalue weighted by Gasteiger charge is 2.15. The van der Waals surface area contributed by atoms with E-state index in [1.807, 2.05) is 36.4 Å². The minimum Gasteiger partial charge on any atom is -0.294 e. The fourth-order valence-corrected chi connectivity index (χ4v) is 2.87. The van der Waals surface area contributed by atoms with Gasteiger partial charge in [0.05, 0.1) is 0 Å². The maximum atomic E-state index is 12.7. The third-order valence-electron chi connectivity index (χ3n) is 4.12. The van der Waals surface area contributed by atoms with Gasteiger partial charge in [0.1, 0.15) is 0 Å². The van der Waals surface area contributed by atoms with Crippen LogP contribution in [0.5, 0.6) is 0 Å². The van der Waals surface area contributed by atoms with E-state index in [0.717, 1.165) is 11.1 Å². The van der Waals surface area contributed by atoms with Crippen molar-refractivity contribution >= 4 is 23.5 Å². The lowest BCUT2D eigenvalue weighted by atomic mass is 9.90. The molecule has 1 nitrogen and oxygen atoms in total. The van der Waals surface area contributed by atoms with Crippen LogP contribution in [0.3, 0.4) is 0 Å². The van der Waals surface area contributed by atoms with Crippen molar-refractivity contribution in [2.45, 2.75) is 12.3 Å².